The van der Waals surface area contributed by atoms with Gasteiger partial charge < -0.3 is 44.8 Å². The van der Waals surface area contributed by atoms with E-state index in [9.17, 15) is 30.3 Å². The van der Waals surface area contributed by atoms with Gasteiger partial charge in [0.05, 0.1) is 13.2 Å². The summed E-state index contributed by atoms with van der Waals surface area (Å²) in [5.41, 5.74) is 0.248. The van der Waals surface area contributed by atoms with E-state index in [0.29, 0.717) is 11.3 Å². The van der Waals surface area contributed by atoms with Crippen LogP contribution in [-0.4, -0.2) is 80.8 Å². The highest BCUT2D eigenvalue weighted by Crippen LogP contribution is 2.40. The number of rotatable bonds is 8. The lowest BCUT2D eigenvalue weighted by Gasteiger charge is -2.47. The van der Waals surface area contributed by atoms with Crippen molar-refractivity contribution in [3.05, 3.63) is 64.5 Å². The van der Waals surface area contributed by atoms with Crippen molar-refractivity contribution in [2.45, 2.75) is 56.3 Å². The lowest BCUT2D eigenvalue weighted by Crippen LogP contribution is -2.65. The van der Waals surface area contributed by atoms with Crippen LogP contribution in [0.15, 0.2) is 36.4 Å². The molecule has 6 atom stereocenters. The molecule has 0 aliphatic carbocycles. The van der Waals surface area contributed by atoms with Crippen molar-refractivity contribution in [3.63, 3.8) is 0 Å². The molecule has 0 bridgehead atoms. The van der Waals surface area contributed by atoms with Gasteiger partial charge in [-0.15, -0.1) is 0 Å². The van der Waals surface area contributed by atoms with E-state index in [1.165, 1.54) is 20.1 Å². The molecule has 10 nitrogen and oxygen atoms in total. The van der Waals surface area contributed by atoms with Gasteiger partial charge in [0.15, 0.2) is 0 Å². The van der Waals surface area contributed by atoms with Gasteiger partial charge in [0.2, 0.25) is 5.79 Å². The SMILES string of the molecule is COc1ccc(Cc2c(F)cc(COC(=O)CO)cc2[C@@]2(O)O[C@H]([C@H](C)O)[C@@H](O)[C@H](O)[C@H]2O)cc1. The van der Waals surface area contributed by atoms with Gasteiger partial charge >= 0.3 is 5.97 Å². The molecule has 1 fully saturated rings. The lowest BCUT2D eigenvalue weighted by atomic mass is 9.83. The number of carbonyl (C=O) groups excluding carboxylic acids is 1. The molecule has 0 unspecified atom stereocenters. The van der Waals surface area contributed by atoms with Crippen molar-refractivity contribution in [3.8, 4) is 5.75 Å². The number of carbonyl (C=O) groups is 1. The quantitative estimate of drug-likeness (QED) is 0.262. The fraction of sp³-hybridized carbons (Fsp3) is 0.458. The Labute approximate surface area is 200 Å². The van der Waals surface area contributed by atoms with Gasteiger partial charge in [-0.25, -0.2) is 9.18 Å². The Bertz CT molecular complexity index is 1030. The highest BCUT2D eigenvalue weighted by Gasteiger charge is 2.55. The van der Waals surface area contributed by atoms with E-state index in [1.807, 2.05) is 0 Å². The Balaban J connectivity index is 2.11. The number of halogens is 1. The molecule has 11 heteroatoms. The first kappa shape index (κ1) is 27.0. The Hall–Kier alpha value is -2.64. The van der Waals surface area contributed by atoms with Crippen LogP contribution in [0.3, 0.4) is 0 Å². The fourth-order valence-corrected chi connectivity index (χ4v) is 4.00. The van der Waals surface area contributed by atoms with E-state index in [-0.39, 0.29) is 23.1 Å². The van der Waals surface area contributed by atoms with Crippen LogP contribution in [0.2, 0.25) is 0 Å². The summed E-state index contributed by atoms with van der Waals surface area (Å²) in [6.45, 7) is -0.109. The van der Waals surface area contributed by atoms with Gasteiger partial charge in [-0.1, -0.05) is 12.1 Å². The highest BCUT2D eigenvalue weighted by molar-refractivity contribution is 5.70. The number of ether oxygens (including phenoxy) is 3. The summed E-state index contributed by atoms with van der Waals surface area (Å²) in [6.07, 6.45) is -8.79. The maximum atomic E-state index is 15.4. The van der Waals surface area contributed by atoms with Crippen LogP contribution in [0, 0.1) is 5.82 Å². The third kappa shape index (κ3) is 5.62. The number of hydrogen-bond donors (Lipinski definition) is 6. The normalized spacial score (nSPS) is 27.3. The maximum Gasteiger partial charge on any atom is 0.332 e. The molecule has 1 aliphatic heterocycles. The van der Waals surface area contributed by atoms with E-state index >= 15 is 4.39 Å². The molecule has 192 valence electrons. The van der Waals surface area contributed by atoms with E-state index in [4.69, 9.17) is 19.3 Å². The predicted octanol–water partition coefficient (Wildman–Crippen LogP) is -0.532. The van der Waals surface area contributed by atoms with Crippen molar-refractivity contribution in [2.24, 2.45) is 0 Å². The van der Waals surface area contributed by atoms with Crippen molar-refractivity contribution >= 4 is 5.97 Å². The first-order valence-electron chi connectivity index (χ1n) is 10.9. The Morgan fingerprint density at radius 2 is 1.80 bits per heavy atom. The molecule has 0 aromatic heterocycles. The molecule has 35 heavy (non-hydrogen) atoms. The summed E-state index contributed by atoms with van der Waals surface area (Å²) in [5.74, 6) is -3.99. The monoisotopic (exact) mass is 496 g/mol. The third-order valence-electron chi connectivity index (χ3n) is 5.91. The molecule has 1 saturated heterocycles. The summed E-state index contributed by atoms with van der Waals surface area (Å²) >= 11 is 0. The summed E-state index contributed by atoms with van der Waals surface area (Å²) in [6, 6.07) is 8.92. The number of aliphatic hydroxyl groups excluding tert-OH is 5. The second-order valence-corrected chi connectivity index (χ2v) is 8.39. The molecule has 0 amide bonds. The number of hydrogen-bond acceptors (Lipinski definition) is 10. The Morgan fingerprint density at radius 1 is 1.14 bits per heavy atom. The van der Waals surface area contributed by atoms with Crippen molar-refractivity contribution in [1.29, 1.82) is 0 Å². The summed E-state index contributed by atoms with van der Waals surface area (Å²) in [7, 11) is 1.49. The van der Waals surface area contributed by atoms with Crippen molar-refractivity contribution < 1.29 is 54.0 Å². The van der Waals surface area contributed by atoms with Gasteiger partial charge in [0.25, 0.3) is 0 Å². The molecule has 0 spiro atoms. The van der Waals surface area contributed by atoms with Gasteiger partial charge in [-0.05, 0) is 42.3 Å². The summed E-state index contributed by atoms with van der Waals surface area (Å²) in [5, 5.41) is 61.6. The first-order valence-corrected chi connectivity index (χ1v) is 10.9. The molecular formula is C24H29FO10. The van der Waals surface area contributed by atoms with Crippen molar-refractivity contribution in [1.82, 2.24) is 0 Å². The molecule has 3 rings (SSSR count). The standard InChI is InChI=1S/C24H29FO10/c1-12(27)22-20(29)21(30)23(31)24(32,35-22)17-8-14(11-34-19(28)10-26)9-18(25)16(17)7-13-3-5-15(33-2)6-4-13/h3-6,8-9,12,20-23,26-27,29-32H,7,10-11H2,1-2H3/t12-,20-,21-,22+,23+,24+/m0/s1. The molecule has 2 aromatic rings. The third-order valence-corrected chi connectivity index (χ3v) is 5.91. The molecule has 1 heterocycles. The van der Waals surface area contributed by atoms with E-state index in [1.54, 1.807) is 24.3 Å². The van der Waals surface area contributed by atoms with Crippen LogP contribution in [0.5, 0.6) is 5.75 Å². The number of esters is 1. The zero-order chi connectivity index (χ0) is 25.9. The lowest BCUT2D eigenvalue weighted by molar-refractivity contribution is -0.364. The van der Waals surface area contributed by atoms with Crippen LogP contribution < -0.4 is 4.74 Å². The van der Waals surface area contributed by atoms with E-state index in [2.05, 4.69) is 0 Å². The van der Waals surface area contributed by atoms with Crippen LogP contribution in [-0.2, 0) is 33.1 Å². The molecule has 1 aliphatic rings. The maximum absolute atomic E-state index is 15.4. The minimum atomic E-state index is -2.75. The van der Waals surface area contributed by atoms with Crippen LogP contribution in [0.4, 0.5) is 4.39 Å². The average molecular weight is 496 g/mol. The smallest absolute Gasteiger partial charge is 0.332 e. The minimum Gasteiger partial charge on any atom is -0.497 e. The molecule has 6 N–H and O–H groups in total. The van der Waals surface area contributed by atoms with Gasteiger partial charge in [0, 0.05) is 17.5 Å². The summed E-state index contributed by atoms with van der Waals surface area (Å²) < 4.78 is 30.9. The Kier molecular flexibility index (Phi) is 8.44. The van der Waals surface area contributed by atoms with E-state index in [0.717, 1.165) is 6.07 Å². The largest absolute Gasteiger partial charge is 0.497 e. The topological polar surface area (TPSA) is 166 Å². The Morgan fingerprint density at radius 3 is 2.37 bits per heavy atom. The van der Waals surface area contributed by atoms with Crippen LogP contribution in [0.1, 0.15) is 29.2 Å². The van der Waals surface area contributed by atoms with Gasteiger partial charge in [0.1, 0.15) is 49.2 Å². The first-order chi connectivity index (χ1) is 16.5. The molecular weight excluding hydrogens is 467 g/mol. The highest BCUT2D eigenvalue weighted by atomic mass is 19.1. The summed E-state index contributed by atoms with van der Waals surface area (Å²) in [4.78, 5) is 11.4. The number of aliphatic hydroxyl groups is 6. The van der Waals surface area contributed by atoms with Crippen LogP contribution >= 0.6 is 0 Å². The zero-order valence-electron chi connectivity index (χ0n) is 19.2. The second kappa shape index (κ2) is 11.0. The minimum absolute atomic E-state index is 0.0521. The van der Waals surface area contributed by atoms with Crippen LogP contribution in [0.25, 0.3) is 0 Å². The average Bonchev–Trinajstić information content (AvgIpc) is 2.84. The van der Waals surface area contributed by atoms with E-state index < -0.39 is 61.3 Å². The number of methoxy groups -OCH3 is 1. The fourth-order valence-electron chi connectivity index (χ4n) is 4.00. The molecule has 2 aromatic carbocycles. The molecule has 0 saturated carbocycles. The van der Waals surface area contributed by atoms with Gasteiger partial charge in [-0.2, -0.15) is 0 Å². The number of benzene rings is 2. The zero-order valence-corrected chi connectivity index (χ0v) is 19.2. The van der Waals surface area contributed by atoms with Gasteiger partial charge in [-0.3, -0.25) is 0 Å². The molecule has 0 radical (unpaired) electrons. The second-order valence-electron chi connectivity index (χ2n) is 8.39. The van der Waals surface area contributed by atoms with Crippen molar-refractivity contribution in [2.75, 3.05) is 13.7 Å². The predicted molar refractivity (Wildman–Crippen MR) is 118 cm³/mol.